The molecule has 5 nitrogen and oxygen atoms in total. The number of hydrogen-bond donors (Lipinski definition) is 1. The molecular formula is C25H23N3O2S. The maximum absolute atomic E-state index is 11.7. The van der Waals surface area contributed by atoms with Crippen molar-refractivity contribution in [3.8, 4) is 21.8 Å². The number of primary amides is 1. The molecule has 2 aromatic heterocycles. The Balaban J connectivity index is 1.77. The molecule has 0 aliphatic heterocycles. The van der Waals surface area contributed by atoms with Gasteiger partial charge in [-0.3, -0.25) is 4.79 Å². The highest BCUT2D eigenvalue weighted by atomic mass is 32.1. The summed E-state index contributed by atoms with van der Waals surface area (Å²) in [5, 5.41) is 4.04. The van der Waals surface area contributed by atoms with Gasteiger partial charge in [0.2, 0.25) is 5.91 Å². The molecule has 4 aromatic rings. The Labute approximate surface area is 185 Å². The van der Waals surface area contributed by atoms with Gasteiger partial charge in [-0.05, 0) is 31.2 Å². The van der Waals surface area contributed by atoms with Gasteiger partial charge in [0.15, 0.2) is 0 Å². The summed E-state index contributed by atoms with van der Waals surface area (Å²) >= 11 is 1.61. The Kier molecular flexibility index (Phi) is 6.00. The van der Waals surface area contributed by atoms with E-state index >= 15 is 0 Å². The zero-order chi connectivity index (χ0) is 21.8. The van der Waals surface area contributed by atoms with Crippen LogP contribution in [0.2, 0.25) is 0 Å². The number of hydrogen-bond acceptors (Lipinski definition) is 4. The lowest BCUT2D eigenvalue weighted by atomic mass is 10.1. The maximum atomic E-state index is 11.7. The Morgan fingerprint density at radius 3 is 2.74 bits per heavy atom. The molecule has 0 atom stereocenters. The molecule has 1 amide bonds. The summed E-state index contributed by atoms with van der Waals surface area (Å²) in [6, 6.07) is 15.7. The molecule has 2 aromatic carbocycles. The van der Waals surface area contributed by atoms with E-state index < -0.39 is 5.91 Å². The number of allylic oxidation sites excluding steroid dienone is 3. The van der Waals surface area contributed by atoms with Gasteiger partial charge in [0, 0.05) is 45.7 Å². The number of rotatable bonds is 7. The summed E-state index contributed by atoms with van der Waals surface area (Å²) < 4.78 is 7.39. The van der Waals surface area contributed by atoms with Crippen molar-refractivity contribution in [2.75, 3.05) is 7.11 Å². The SMILES string of the molecule is C/C=C(\C=C/Cn1cc(-c2nc(-c3ccccc3)cs2)c2ccc(C(N)=O)cc21)OC. The smallest absolute Gasteiger partial charge is 0.248 e. The van der Waals surface area contributed by atoms with Gasteiger partial charge in [-0.25, -0.2) is 4.98 Å². The van der Waals surface area contributed by atoms with Crippen LogP contribution >= 0.6 is 11.3 Å². The number of carbonyl (C=O) groups is 1. The number of methoxy groups -OCH3 is 1. The van der Waals surface area contributed by atoms with Crippen LogP contribution in [0.4, 0.5) is 0 Å². The molecule has 0 aliphatic rings. The van der Waals surface area contributed by atoms with Crippen LogP contribution in [0.15, 0.2) is 84.1 Å². The third kappa shape index (κ3) is 4.29. The lowest BCUT2D eigenvalue weighted by molar-refractivity contribution is 0.100. The zero-order valence-corrected chi connectivity index (χ0v) is 18.2. The van der Waals surface area contributed by atoms with Gasteiger partial charge in [-0.1, -0.05) is 42.5 Å². The maximum Gasteiger partial charge on any atom is 0.248 e. The van der Waals surface area contributed by atoms with Crippen molar-refractivity contribution in [2.24, 2.45) is 5.73 Å². The van der Waals surface area contributed by atoms with E-state index in [-0.39, 0.29) is 0 Å². The van der Waals surface area contributed by atoms with Crippen LogP contribution in [0.1, 0.15) is 17.3 Å². The summed E-state index contributed by atoms with van der Waals surface area (Å²) in [7, 11) is 1.65. The van der Waals surface area contributed by atoms with Crippen LogP contribution in [-0.4, -0.2) is 22.6 Å². The topological polar surface area (TPSA) is 70.1 Å². The van der Waals surface area contributed by atoms with E-state index in [1.807, 2.05) is 55.5 Å². The molecule has 0 aliphatic carbocycles. The quantitative estimate of drug-likeness (QED) is 0.305. The number of fused-ring (bicyclic) bond motifs is 1. The number of aromatic nitrogens is 2. The van der Waals surface area contributed by atoms with E-state index in [4.69, 9.17) is 15.5 Å². The first-order valence-corrected chi connectivity index (χ1v) is 10.8. The van der Waals surface area contributed by atoms with Crippen molar-refractivity contribution < 1.29 is 9.53 Å². The molecule has 0 saturated heterocycles. The van der Waals surface area contributed by atoms with Crippen molar-refractivity contribution >= 4 is 28.1 Å². The van der Waals surface area contributed by atoms with Gasteiger partial charge in [-0.2, -0.15) is 0 Å². The van der Waals surface area contributed by atoms with Crippen LogP contribution in [-0.2, 0) is 11.3 Å². The fourth-order valence-electron chi connectivity index (χ4n) is 3.47. The number of carbonyl (C=O) groups excluding carboxylic acids is 1. The third-order valence-electron chi connectivity index (χ3n) is 5.08. The molecule has 31 heavy (non-hydrogen) atoms. The molecular weight excluding hydrogens is 406 g/mol. The molecule has 0 unspecified atom stereocenters. The van der Waals surface area contributed by atoms with Gasteiger partial charge < -0.3 is 15.0 Å². The van der Waals surface area contributed by atoms with E-state index in [2.05, 4.69) is 28.3 Å². The number of benzene rings is 2. The van der Waals surface area contributed by atoms with E-state index in [1.54, 1.807) is 24.5 Å². The summed E-state index contributed by atoms with van der Waals surface area (Å²) in [6.07, 6.45) is 7.94. The van der Waals surface area contributed by atoms with Crippen LogP contribution in [0.25, 0.3) is 32.7 Å². The molecule has 4 rings (SSSR count). The summed E-state index contributed by atoms with van der Waals surface area (Å²) in [5.74, 6) is 0.352. The van der Waals surface area contributed by atoms with Gasteiger partial charge >= 0.3 is 0 Å². The summed E-state index contributed by atoms with van der Waals surface area (Å²) in [4.78, 5) is 16.6. The standard InChI is InChI=1S/C25H23N3O2S/c1-3-19(30-2)10-7-13-28-15-21(20-12-11-18(24(26)29)14-23(20)28)25-27-22(16-31-25)17-8-5-4-6-9-17/h3-12,14-16H,13H2,1-2H3,(H2,26,29)/b10-7-,19-3+. The van der Waals surface area contributed by atoms with Crippen molar-refractivity contribution in [2.45, 2.75) is 13.5 Å². The molecule has 0 bridgehead atoms. The number of ether oxygens (including phenoxy) is 1. The van der Waals surface area contributed by atoms with Crippen molar-refractivity contribution in [1.82, 2.24) is 9.55 Å². The van der Waals surface area contributed by atoms with Crippen molar-refractivity contribution in [1.29, 1.82) is 0 Å². The van der Waals surface area contributed by atoms with E-state index in [0.29, 0.717) is 12.1 Å². The minimum Gasteiger partial charge on any atom is -0.497 e. The zero-order valence-electron chi connectivity index (χ0n) is 17.4. The van der Waals surface area contributed by atoms with Gasteiger partial charge in [-0.15, -0.1) is 11.3 Å². The summed E-state index contributed by atoms with van der Waals surface area (Å²) in [5.41, 5.74) is 10.0. The monoisotopic (exact) mass is 429 g/mol. The second-order valence-electron chi connectivity index (χ2n) is 6.99. The highest BCUT2D eigenvalue weighted by molar-refractivity contribution is 7.13. The van der Waals surface area contributed by atoms with Crippen molar-refractivity contribution in [3.63, 3.8) is 0 Å². The predicted octanol–water partition coefficient (Wildman–Crippen LogP) is 5.64. The van der Waals surface area contributed by atoms with Crippen LogP contribution in [0, 0.1) is 0 Å². The fourth-order valence-corrected chi connectivity index (χ4v) is 4.32. The molecule has 6 heteroatoms. The molecule has 0 radical (unpaired) electrons. The van der Waals surface area contributed by atoms with Gasteiger partial charge in [0.25, 0.3) is 0 Å². The first kappa shape index (κ1) is 20.6. The van der Waals surface area contributed by atoms with Gasteiger partial charge in [0.1, 0.15) is 10.8 Å². The minimum absolute atomic E-state index is 0.442. The number of nitrogens with two attached hydrogens (primary N) is 1. The average molecular weight is 430 g/mol. The van der Waals surface area contributed by atoms with E-state index in [9.17, 15) is 4.79 Å². The minimum atomic E-state index is -0.442. The Morgan fingerprint density at radius 2 is 2.03 bits per heavy atom. The Hall–Kier alpha value is -3.64. The second kappa shape index (κ2) is 9.02. The van der Waals surface area contributed by atoms with Crippen LogP contribution in [0.5, 0.6) is 0 Å². The Morgan fingerprint density at radius 1 is 1.23 bits per heavy atom. The highest BCUT2D eigenvalue weighted by Gasteiger charge is 2.15. The second-order valence-corrected chi connectivity index (χ2v) is 7.85. The number of thiazole rings is 1. The normalized spacial score (nSPS) is 12.0. The molecule has 0 saturated carbocycles. The van der Waals surface area contributed by atoms with Crippen LogP contribution < -0.4 is 5.73 Å². The molecule has 0 fully saturated rings. The third-order valence-corrected chi connectivity index (χ3v) is 5.95. The number of nitrogens with zero attached hydrogens (tertiary/aromatic N) is 2. The first-order valence-electron chi connectivity index (χ1n) is 9.91. The summed E-state index contributed by atoms with van der Waals surface area (Å²) in [6.45, 7) is 2.55. The average Bonchev–Trinajstić information content (AvgIpc) is 3.42. The molecule has 2 N–H and O–H groups in total. The lowest BCUT2D eigenvalue weighted by Crippen LogP contribution is -2.10. The Bertz CT molecular complexity index is 1280. The van der Waals surface area contributed by atoms with E-state index in [1.165, 1.54) is 0 Å². The fraction of sp³-hybridized carbons (Fsp3) is 0.120. The largest absolute Gasteiger partial charge is 0.497 e. The molecule has 0 spiro atoms. The predicted molar refractivity (Wildman–Crippen MR) is 127 cm³/mol. The van der Waals surface area contributed by atoms with Crippen molar-refractivity contribution in [3.05, 3.63) is 89.7 Å². The van der Waals surface area contributed by atoms with E-state index in [0.717, 1.165) is 38.5 Å². The molecule has 156 valence electrons. The number of amides is 1. The van der Waals surface area contributed by atoms with Gasteiger partial charge in [0.05, 0.1) is 12.8 Å². The highest BCUT2D eigenvalue weighted by Crippen LogP contribution is 2.35. The first-order chi connectivity index (χ1) is 15.1. The lowest BCUT2D eigenvalue weighted by Gasteiger charge is -2.03. The van der Waals surface area contributed by atoms with Crippen LogP contribution in [0.3, 0.4) is 0 Å². The molecule has 2 heterocycles.